The summed E-state index contributed by atoms with van der Waals surface area (Å²) in [6.45, 7) is 1.53. The molecule has 20 heavy (non-hydrogen) atoms. The molecule has 0 heterocycles. The Morgan fingerprint density at radius 2 is 1.95 bits per heavy atom. The summed E-state index contributed by atoms with van der Waals surface area (Å²) in [6, 6.07) is 2.33. The average molecular weight is 320 g/mol. The van der Waals surface area contributed by atoms with Crippen molar-refractivity contribution in [2.45, 2.75) is 43.6 Å². The summed E-state index contributed by atoms with van der Waals surface area (Å²) in [5.74, 6) is 0.100. The first-order valence-corrected chi connectivity index (χ1v) is 8.50. The first-order valence-electron chi connectivity index (χ1n) is 6.19. The molecule has 1 fully saturated rings. The highest BCUT2D eigenvalue weighted by Gasteiger charge is 2.26. The summed E-state index contributed by atoms with van der Waals surface area (Å²) >= 11 is 0. The number of nitrogens with zero attached hydrogens (tertiary/aromatic N) is 1. The van der Waals surface area contributed by atoms with Crippen molar-refractivity contribution in [1.29, 1.82) is 0 Å². The van der Waals surface area contributed by atoms with E-state index < -0.39 is 14.0 Å². The van der Waals surface area contributed by atoms with Crippen LogP contribution in [-0.2, 0) is 9.05 Å². The molecule has 0 radical (unpaired) electrons. The van der Waals surface area contributed by atoms with E-state index in [0.29, 0.717) is 5.56 Å². The molecule has 0 spiro atoms. The minimum Gasteiger partial charge on any atom is -0.483 e. The summed E-state index contributed by atoms with van der Waals surface area (Å²) in [5.41, 5.74) is -0.0414. The normalized spacial score (nSPS) is 16.3. The van der Waals surface area contributed by atoms with E-state index in [2.05, 4.69) is 0 Å². The van der Waals surface area contributed by atoms with Crippen LogP contribution in [0.3, 0.4) is 0 Å². The Bertz CT molecular complexity index is 637. The van der Waals surface area contributed by atoms with Gasteiger partial charge in [-0.1, -0.05) is 0 Å². The highest BCUT2D eigenvalue weighted by Crippen LogP contribution is 2.36. The highest BCUT2D eigenvalue weighted by molar-refractivity contribution is 8.13. The Balaban J connectivity index is 2.45. The third-order valence-electron chi connectivity index (χ3n) is 3.31. The zero-order valence-corrected chi connectivity index (χ0v) is 12.4. The number of aryl methyl sites for hydroxylation is 1. The van der Waals surface area contributed by atoms with E-state index >= 15 is 0 Å². The van der Waals surface area contributed by atoms with E-state index in [4.69, 9.17) is 15.4 Å². The standard InChI is InChI=1S/C12H14ClNO5S/c1-8-6-11(19-9-4-2-3-5-9)10(14(15)16)7-12(8)20(13,17)18/h6-7,9H,2-5H2,1H3. The maximum absolute atomic E-state index is 11.4. The van der Waals surface area contributed by atoms with Crippen LogP contribution in [-0.4, -0.2) is 19.4 Å². The molecule has 1 saturated carbocycles. The van der Waals surface area contributed by atoms with Gasteiger partial charge < -0.3 is 4.74 Å². The van der Waals surface area contributed by atoms with Crippen molar-refractivity contribution >= 4 is 25.4 Å². The second-order valence-electron chi connectivity index (χ2n) is 4.80. The quantitative estimate of drug-likeness (QED) is 0.483. The molecule has 6 nitrogen and oxygen atoms in total. The molecule has 0 amide bonds. The third-order valence-corrected chi connectivity index (χ3v) is 4.78. The summed E-state index contributed by atoms with van der Waals surface area (Å²) in [7, 11) is 1.25. The van der Waals surface area contributed by atoms with Gasteiger partial charge in [-0.15, -0.1) is 0 Å². The smallest absolute Gasteiger partial charge is 0.312 e. The van der Waals surface area contributed by atoms with E-state index in [0.717, 1.165) is 31.7 Å². The maximum Gasteiger partial charge on any atom is 0.312 e. The minimum absolute atomic E-state index is 0.0495. The molecule has 0 unspecified atom stereocenters. The van der Waals surface area contributed by atoms with Crippen LogP contribution in [0.25, 0.3) is 0 Å². The Labute approximate surface area is 121 Å². The number of rotatable bonds is 4. The molecule has 0 bridgehead atoms. The fraction of sp³-hybridized carbons (Fsp3) is 0.500. The Morgan fingerprint density at radius 3 is 2.45 bits per heavy atom. The van der Waals surface area contributed by atoms with Crippen LogP contribution in [0.1, 0.15) is 31.2 Å². The van der Waals surface area contributed by atoms with Gasteiger partial charge in [-0.2, -0.15) is 0 Å². The number of nitro groups is 1. The molecule has 0 aromatic heterocycles. The lowest BCUT2D eigenvalue weighted by atomic mass is 10.2. The van der Waals surface area contributed by atoms with E-state index in [-0.39, 0.29) is 22.4 Å². The fourth-order valence-electron chi connectivity index (χ4n) is 2.34. The SMILES string of the molecule is Cc1cc(OC2CCCC2)c([N+](=O)[O-])cc1S(=O)(=O)Cl. The molecule has 1 aliphatic rings. The molecule has 1 aliphatic carbocycles. The highest BCUT2D eigenvalue weighted by atomic mass is 35.7. The van der Waals surface area contributed by atoms with E-state index in [1.54, 1.807) is 0 Å². The van der Waals surface area contributed by atoms with Crippen molar-refractivity contribution < 1.29 is 18.1 Å². The predicted octanol–water partition coefficient (Wildman–Crippen LogP) is 3.15. The third kappa shape index (κ3) is 3.21. The molecular weight excluding hydrogens is 306 g/mol. The average Bonchev–Trinajstić information content (AvgIpc) is 2.79. The van der Waals surface area contributed by atoms with Gasteiger partial charge >= 0.3 is 5.69 Å². The van der Waals surface area contributed by atoms with Gasteiger partial charge in [0.1, 0.15) is 0 Å². The molecule has 2 rings (SSSR count). The van der Waals surface area contributed by atoms with Crippen molar-refractivity contribution in [3.8, 4) is 5.75 Å². The summed E-state index contributed by atoms with van der Waals surface area (Å²) in [4.78, 5) is 10.2. The number of benzene rings is 1. The van der Waals surface area contributed by atoms with Crippen LogP contribution in [0, 0.1) is 17.0 Å². The first kappa shape index (κ1) is 15.1. The molecular formula is C12H14ClNO5S. The van der Waals surface area contributed by atoms with Crippen LogP contribution >= 0.6 is 10.7 Å². The summed E-state index contributed by atoms with van der Waals surface area (Å²) in [5, 5.41) is 11.1. The number of nitro benzene ring substituents is 1. The first-order chi connectivity index (χ1) is 9.29. The fourth-order valence-corrected chi connectivity index (χ4v) is 3.53. The second kappa shape index (κ2) is 5.57. The largest absolute Gasteiger partial charge is 0.483 e. The van der Waals surface area contributed by atoms with Gasteiger partial charge in [0.2, 0.25) is 0 Å². The molecule has 0 N–H and O–H groups in total. The zero-order valence-electron chi connectivity index (χ0n) is 10.8. The molecule has 0 aliphatic heterocycles. The van der Waals surface area contributed by atoms with Crippen molar-refractivity contribution in [1.82, 2.24) is 0 Å². The summed E-state index contributed by atoms with van der Waals surface area (Å²) in [6.07, 6.45) is 3.72. The second-order valence-corrected chi connectivity index (χ2v) is 7.34. The lowest BCUT2D eigenvalue weighted by Crippen LogP contribution is -2.12. The van der Waals surface area contributed by atoms with Crippen molar-refractivity contribution in [3.05, 3.63) is 27.8 Å². The van der Waals surface area contributed by atoms with Gasteiger partial charge in [-0.05, 0) is 44.2 Å². The topological polar surface area (TPSA) is 86.5 Å². The van der Waals surface area contributed by atoms with Crippen molar-refractivity contribution in [2.24, 2.45) is 0 Å². The van der Waals surface area contributed by atoms with Crippen LogP contribution in [0.5, 0.6) is 5.75 Å². The van der Waals surface area contributed by atoms with E-state index in [1.807, 2.05) is 0 Å². The van der Waals surface area contributed by atoms with Gasteiger partial charge in [0.25, 0.3) is 9.05 Å². The number of hydrogen-bond donors (Lipinski definition) is 0. The minimum atomic E-state index is -4.02. The van der Waals surface area contributed by atoms with Crippen molar-refractivity contribution in [2.75, 3.05) is 0 Å². The van der Waals surface area contributed by atoms with Gasteiger partial charge in [-0.3, -0.25) is 10.1 Å². The monoisotopic (exact) mass is 319 g/mol. The van der Waals surface area contributed by atoms with Crippen LogP contribution < -0.4 is 4.74 Å². The van der Waals surface area contributed by atoms with Crippen LogP contribution in [0.4, 0.5) is 5.69 Å². The Kier molecular flexibility index (Phi) is 4.19. The molecule has 0 atom stereocenters. The molecule has 1 aromatic carbocycles. The zero-order chi connectivity index (χ0) is 14.9. The van der Waals surface area contributed by atoms with Gasteiger partial charge in [0.15, 0.2) is 5.75 Å². The lowest BCUT2D eigenvalue weighted by Gasteiger charge is -2.14. The molecule has 0 saturated heterocycles. The summed E-state index contributed by atoms with van der Waals surface area (Å²) < 4.78 is 28.4. The maximum atomic E-state index is 11.4. The van der Waals surface area contributed by atoms with Gasteiger partial charge in [-0.25, -0.2) is 8.42 Å². The molecule has 110 valence electrons. The predicted molar refractivity (Wildman–Crippen MR) is 73.8 cm³/mol. The lowest BCUT2D eigenvalue weighted by molar-refractivity contribution is -0.386. The van der Waals surface area contributed by atoms with Crippen molar-refractivity contribution in [3.63, 3.8) is 0 Å². The van der Waals surface area contributed by atoms with Gasteiger partial charge in [0, 0.05) is 16.7 Å². The van der Waals surface area contributed by atoms with E-state index in [1.165, 1.54) is 13.0 Å². The van der Waals surface area contributed by atoms with Crippen LogP contribution in [0.2, 0.25) is 0 Å². The molecule has 8 heteroatoms. The van der Waals surface area contributed by atoms with Gasteiger partial charge in [0.05, 0.1) is 15.9 Å². The molecule has 1 aromatic rings. The van der Waals surface area contributed by atoms with Crippen LogP contribution in [0.15, 0.2) is 17.0 Å². The number of halogens is 1. The van der Waals surface area contributed by atoms with E-state index in [9.17, 15) is 18.5 Å². The Hall–Kier alpha value is -1.34. The Morgan fingerprint density at radius 1 is 1.35 bits per heavy atom. The number of ether oxygens (including phenoxy) is 1. The number of hydrogen-bond acceptors (Lipinski definition) is 5.